The monoisotopic (exact) mass is 352 g/mol. The second-order valence-corrected chi connectivity index (χ2v) is 5.23. The molecule has 7 nitrogen and oxygen atoms in total. The number of aromatic nitrogens is 5. The quantitative estimate of drug-likeness (QED) is 0.783. The van der Waals surface area contributed by atoms with Crippen molar-refractivity contribution in [3.8, 4) is 5.69 Å². The number of nitrogens with one attached hydrogen (secondary N) is 1. The Kier molecular flexibility index (Phi) is 4.26. The number of rotatable bonds is 4. The van der Waals surface area contributed by atoms with Crippen molar-refractivity contribution in [2.45, 2.75) is 6.43 Å². The number of benzene rings is 1. The van der Waals surface area contributed by atoms with Gasteiger partial charge in [-0.05, 0) is 12.1 Å². The zero-order valence-electron chi connectivity index (χ0n) is 12.3. The zero-order chi connectivity index (χ0) is 17.3. The zero-order valence-corrected chi connectivity index (χ0v) is 13.1. The molecule has 10 heteroatoms. The first-order valence-corrected chi connectivity index (χ1v) is 7.14. The molecule has 3 aromatic rings. The second-order valence-electron chi connectivity index (χ2n) is 4.82. The van der Waals surface area contributed by atoms with Gasteiger partial charge in [-0.2, -0.15) is 5.10 Å². The number of carbonyl (C=O) groups excluding carboxylic acids is 1. The van der Waals surface area contributed by atoms with Crippen LogP contribution in [0.2, 0.25) is 5.02 Å². The minimum absolute atomic E-state index is 0.0426. The van der Waals surface area contributed by atoms with Crippen LogP contribution in [0.5, 0.6) is 0 Å². The van der Waals surface area contributed by atoms with Crippen LogP contribution in [0.3, 0.4) is 0 Å². The fourth-order valence-corrected chi connectivity index (χ4v) is 2.33. The molecule has 0 spiro atoms. The molecule has 24 heavy (non-hydrogen) atoms. The van der Waals surface area contributed by atoms with E-state index >= 15 is 0 Å². The number of aryl methyl sites for hydroxylation is 1. The third-order valence-electron chi connectivity index (χ3n) is 3.26. The Bertz CT molecular complexity index is 891. The van der Waals surface area contributed by atoms with Crippen LogP contribution in [0.15, 0.2) is 36.7 Å². The summed E-state index contributed by atoms with van der Waals surface area (Å²) in [6.07, 6.45) is -0.265. The number of hydrogen-bond donors (Lipinski definition) is 1. The standard InChI is InChI=1S/C14H11ClF2N6O/c1-22-12(13(16)17)9(6-18-22)19-14(24)10-7-23(21-20-10)11-5-3-2-4-8(11)15/h2-7,13H,1H3,(H,19,24). The molecule has 1 N–H and O–H groups in total. The van der Waals surface area contributed by atoms with Gasteiger partial charge in [-0.25, -0.2) is 13.5 Å². The number of amides is 1. The number of para-hydroxylation sites is 1. The van der Waals surface area contributed by atoms with E-state index in [1.165, 1.54) is 17.9 Å². The normalized spacial score (nSPS) is 11.0. The lowest BCUT2D eigenvalue weighted by Crippen LogP contribution is -2.14. The maximum absolute atomic E-state index is 13.0. The van der Waals surface area contributed by atoms with Crippen molar-refractivity contribution < 1.29 is 13.6 Å². The Hall–Kier alpha value is -2.81. The summed E-state index contributed by atoms with van der Waals surface area (Å²) < 4.78 is 28.3. The molecule has 0 bridgehead atoms. The van der Waals surface area contributed by atoms with Gasteiger partial charge < -0.3 is 5.32 Å². The molecule has 0 aliphatic rings. The van der Waals surface area contributed by atoms with Gasteiger partial charge in [-0.3, -0.25) is 9.48 Å². The van der Waals surface area contributed by atoms with Crippen LogP contribution in [0, 0.1) is 0 Å². The summed E-state index contributed by atoms with van der Waals surface area (Å²) in [5.41, 5.74) is 0.0333. The third-order valence-corrected chi connectivity index (χ3v) is 3.58. The highest BCUT2D eigenvalue weighted by Crippen LogP contribution is 2.26. The molecule has 124 valence electrons. The van der Waals surface area contributed by atoms with Crippen molar-refractivity contribution >= 4 is 23.2 Å². The molecule has 0 atom stereocenters. The molecule has 1 aromatic carbocycles. The molecule has 0 fully saturated rings. The highest BCUT2D eigenvalue weighted by Gasteiger charge is 2.21. The van der Waals surface area contributed by atoms with E-state index in [9.17, 15) is 13.6 Å². The van der Waals surface area contributed by atoms with Gasteiger partial charge in [0, 0.05) is 7.05 Å². The van der Waals surface area contributed by atoms with Gasteiger partial charge in [0.15, 0.2) is 5.69 Å². The van der Waals surface area contributed by atoms with E-state index in [1.54, 1.807) is 24.3 Å². The summed E-state index contributed by atoms with van der Waals surface area (Å²) >= 11 is 6.05. The van der Waals surface area contributed by atoms with Crippen molar-refractivity contribution in [1.82, 2.24) is 24.8 Å². The van der Waals surface area contributed by atoms with Crippen LogP contribution >= 0.6 is 11.6 Å². The van der Waals surface area contributed by atoms with E-state index in [1.807, 2.05) is 0 Å². The third kappa shape index (κ3) is 2.98. The topological polar surface area (TPSA) is 77.6 Å². The molecule has 1 amide bonds. The molecule has 3 rings (SSSR count). The van der Waals surface area contributed by atoms with Gasteiger partial charge in [0.25, 0.3) is 12.3 Å². The molecule has 0 aliphatic carbocycles. The van der Waals surface area contributed by atoms with Gasteiger partial charge in [0.1, 0.15) is 5.69 Å². The van der Waals surface area contributed by atoms with E-state index in [0.29, 0.717) is 10.7 Å². The molecule has 0 saturated heterocycles. The number of nitrogens with zero attached hydrogens (tertiary/aromatic N) is 5. The van der Waals surface area contributed by atoms with Gasteiger partial charge in [-0.15, -0.1) is 5.10 Å². The van der Waals surface area contributed by atoms with Crippen molar-refractivity contribution in [3.63, 3.8) is 0 Å². The molecular formula is C14H11ClF2N6O. The maximum Gasteiger partial charge on any atom is 0.282 e. The Morgan fingerprint density at radius 2 is 2.08 bits per heavy atom. The predicted octanol–water partition coefficient (Wildman–Crippen LogP) is 2.84. The van der Waals surface area contributed by atoms with Gasteiger partial charge in [-0.1, -0.05) is 28.9 Å². The Labute approximate surface area is 139 Å². The van der Waals surface area contributed by atoms with Crippen LogP contribution in [-0.4, -0.2) is 30.7 Å². The highest BCUT2D eigenvalue weighted by atomic mass is 35.5. The van der Waals surface area contributed by atoms with Crippen LogP contribution in [0.1, 0.15) is 22.6 Å². The SMILES string of the molecule is Cn1ncc(NC(=O)c2cn(-c3ccccc3Cl)nn2)c1C(F)F. The second kappa shape index (κ2) is 6.36. The van der Waals surface area contributed by atoms with Crippen LogP contribution < -0.4 is 5.32 Å². The van der Waals surface area contributed by atoms with Gasteiger partial charge in [0.2, 0.25) is 0 Å². The molecule has 0 aliphatic heterocycles. The lowest BCUT2D eigenvalue weighted by molar-refractivity contribution is 0.102. The molecule has 2 heterocycles. The molecule has 0 unspecified atom stereocenters. The Morgan fingerprint density at radius 3 is 2.79 bits per heavy atom. The summed E-state index contributed by atoms with van der Waals surface area (Å²) in [5, 5.41) is 14.1. The number of halogens is 3. The van der Waals surface area contributed by atoms with Crippen molar-refractivity contribution in [2.24, 2.45) is 7.05 Å². The first kappa shape index (κ1) is 16.1. The van der Waals surface area contributed by atoms with Crippen LogP contribution in [0.4, 0.5) is 14.5 Å². The maximum atomic E-state index is 13.0. The number of alkyl halides is 2. The van der Waals surface area contributed by atoms with E-state index in [2.05, 4.69) is 20.7 Å². The summed E-state index contributed by atoms with van der Waals surface area (Å²) in [5.74, 6) is -0.678. The summed E-state index contributed by atoms with van der Waals surface area (Å²) in [6, 6.07) is 6.88. The number of hydrogen-bond acceptors (Lipinski definition) is 4. The van der Waals surface area contributed by atoms with E-state index in [0.717, 1.165) is 10.9 Å². The highest BCUT2D eigenvalue weighted by molar-refractivity contribution is 6.32. The minimum atomic E-state index is -2.77. The lowest BCUT2D eigenvalue weighted by Gasteiger charge is -2.05. The number of carbonyl (C=O) groups is 1. The lowest BCUT2D eigenvalue weighted by atomic mass is 10.3. The molecule has 0 saturated carbocycles. The first-order valence-electron chi connectivity index (χ1n) is 6.76. The van der Waals surface area contributed by atoms with E-state index in [-0.39, 0.29) is 17.1 Å². The van der Waals surface area contributed by atoms with Crippen LogP contribution in [-0.2, 0) is 7.05 Å². The smallest absolute Gasteiger partial charge is 0.282 e. The fraction of sp³-hybridized carbons (Fsp3) is 0.143. The molecular weight excluding hydrogens is 342 g/mol. The Balaban J connectivity index is 1.84. The molecule has 2 aromatic heterocycles. The first-order chi connectivity index (χ1) is 11.5. The Morgan fingerprint density at radius 1 is 1.33 bits per heavy atom. The van der Waals surface area contributed by atoms with E-state index < -0.39 is 12.3 Å². The van der Waals surface area contributed by atoms with Crippen LogP contribution in [0.25, 0.3) is 5.69 Å². The van der Waals surface area contributed by atoms with Gasteiger partial charge >= 0.3 is 0 Å². The summed E-state index contributed by atoms with van der Waals surface area (Å²) in [6.45, 7) is 0. The average Bonchev–Trinajstić information content (AvgIpc) is 3.15. The summed E-state index contributed by atoms with van der Waals surface area (Å²) in [7, 11) is 1.37. The van der Waals surface area contributed by atoms with Crippen molar-refractivity contribution in [1.29, 1.82) is 0 Å². The largest absolute Gasteiger partial charge is 0.317 e. The average molecular weight is 353 g/mol. The fourth-order valence-electron chi connectivity index (χ4n) is 2.11. The summed E-state index contributed by atoms with van der Waals surface area (Å²) in [4.78, 5) is 12.2. The van der Waals surface area contributed by atoms with Crippen molar-refractivity contribution in [3.05, 3.63) is 53.1 Å². The van der Waals surface area contributed by atoms with Crippen molar-refractivity contribution in [2.75, 3.05) is 5.32 Å². The van der Waals surface area contributed by atoms with Gasteiger partial charge in [0.05, 0.1) is 28.8 Å². The minimum Gasteiger partial charge on any atom is -0.317 e. The van der Waals surface area contributed by atoms with E-state index in [4.69, 9.17) is 11.6 Å². The number of anilines is 1. The molecule has 0 radical (unpaired) electrons. The predicted molar refractivity (Wildman–Crippen MR) is 82.5 cm³/mol.